The predicted molar refractivity (Wildman–Crippen MR) is 305 cm³/mol. The molecule has 16 nitrogen and oxygen atoms in total. The summed E-state index contributed by atoms with van der Waals surface area (Å²) in [5.74, 6) is -2.54. The average molecular weight is 1170 g/mol. The van der Waals surface area contributed by atoms with Gasteiger partial charge in [0, 0.05) is 65.7 Å². The van der Waals surface area contributed by atoms with Gasteiger partial charge in [-0.25, -0.2) is 27.5 Å². The number of nitrogens with zero attached hydrogens (tertiary/aromatic N) is 6. The van der Waals surface area contributed by atoms with Crippen molar-refractivity contribution in [3.8, 4) is 23.3 Å². The molecule has 9 rings (SSSR count). The molecule has 3 aromatic carbocycles. The normalized spacial score (nSPS) is 20.9. The molecular formula is C60H67Cl2F4N11O5. The molecule has 3 amide bonds. The second kappa shape index (κ2) is 25.6. The van der Waals surface area contributed by atoms with E-state index < -0.39 is 64.4 Å². The van der Waals surface area contributed by atoms with E-state index in [1.54, 1.807) is 29.1 Å². The minimum Gasteiger partial charge on any atom is -0.495 e. The van der Waals surface area contributed by atoms with Crippen LogP contribution in [-0.2, 0) is 10.2 Å². The van der Waals surface area contributed by atoms with Crippen LogP contribution in [0.2, 0.25) is 10.0 Å². The number of nitrogens with one attached hydrogen (secondary N) is 5. The Morgan fingerprint density at radius 2 is 1.73 bits per heavy atom. The highest BCUT2D eigenvalue weighted by Crippen LogP contribution is 2.53. The van der Waals surface area contributed by atoms with Crippen molar-refractivity contribution in [1.29, 1.82) is 5.26 Å². The maximum absolute atomic E-state index is 16.2. The monoisotopic (exact) mass is 1170 g/mol. The van der Waals surface area contributed by atoms with Crippen LogP contribution in [0.15, 0.2) is 89.8 Å². The number of carbonyl (C=O) groups excluding carboxylic acids is 3. The fourth-order valence-corrected chi connectivity index (χ4v) is 11.8. The Hall–Kier alpha value is -7.05. The summed E-state index contributed by atoms with van der Waals surface area (Å²) >= 11 is 12.5. The van der Waals surface area contributed by atoms with Crippen LogP contribution in [-0.4, -0.2) is 94.8 Å². The van der Waals surface area contributed by atoms with Crippen molar-refractivity contribution in [2.45, 2.75) is 114 Å². The first-order valence-electron chi connectivity index (χ1n) is 27.6. The Balaban J connectivity index is 0.749. The number of ether oxygens (including phenoxy) is 1. The third-order valence-electron chi connectivity index (χ3n) is 15.7. The van der Waals surface area contributed by atoms with E-state index in [2.05, 4.69) is 59.7 Å². The van der Waals surface area contributed by atoms with Crippen LogP contribution in [0.3, 0.4) is 0 Å². The minimum absolute atomic E-state index is 0.0480. The average Bonchev–Trinajstić information content (AvgIpc) is 3.59. The second-order valence-electron chi connectivity index (χ2n) is 22.9. The standard InChI is InChI=1S/C60H67Cl2F4N11O5/c1-59(2,3)28-48-60(33-67,41-19-16-38(61)27-43(41)63)50(40-9-8-10-42(62)51(40)64)53(74-48)57(80)71-44-20-15-36(25-47(44)81-5)55(78)69-22-6-7-24-76(4)30-35-13-17-39(18-14-35)77-31-45(52(75-77)54(65)66)72-56(79)46-32-82-58(73-46)37-21-23-68-49(26-37)70-29-34-11-12-34/h8-10,15-16,19-21,23,25-27,31-32,34-35,39,48,50,53-54,74H,6-7,11-14,17-18,22,24,28-30H2,1-5H3,(H,68,70)(H,69,78)(H,71,80)(H,72,79)/t35?,39?,48-,50-,53?,60-/m0/s1. The molecule has 4 atom stereocenters. The Bertz CT molecular complexity index is 3320. The molecule has 0 spiro atoms. The van der Waals surface area contributed by atoms with Crippen molar-refractivity contribution in [1.82, 2.24) is 35.3 Å². The third kappa shape index (κ3) is 13.7. The molecule has 22 heteroatoms. The lowest BCUT2D eigenvalue weighted by molar-refractivity contribution is -0.118. The lowest BCUT2D eigenvalue weighted by atomic mass is 9.62. The molecule has 5 N–H and O–H groups in total. The Kier molecular flexibility index (Phi) is 18.6. The highest BCUT2D eigenvalue weighted by atomic mass is 35.5. The summed E-state index contributed by atoms with van der Waals surface area (Å²) in [5.41, 5.74) is -1.90. The SMILES string of the molecule is COc1cc(C(=O)NCCCCN(C)CC2CCC(n3cc(NC(=O)c4coc(-c5ccnc(NCC6CC6)c5)n4)c(C(F)F)n3)CC2)ccc1NC(=O)C1N[C@@H](CC(C)(C)C)[C@](C#N)(c2ccc(Cl)cc2F)[C@H]1c1cccc(Cl)c1F. The van der Waals surface area contributed by atoms with Crippen LogP contribution in [0.5, 0.6) is 5.75 Å². The first-order valence-corrected chi connectivity index (χ1v) is 28.4. The van der Waals surface area contributed by atoms with E-state index >= 15 is 8.78 Å². The highest BCUT2D eigenvalue weighted by molar-refractivity contribution is 6.31. The van der Waals surface area contributed by atoms with Gasteiger partial charge in [0.25, 0.3) is 18.2 Å². The molecule has 2 aliphatic carbocycles. The maximum Gasteiger partial charge on any atom is 0.284 e. The van der Waals surface area contributed by atoms with E-state index in [-0.39, 0.29) is 73.8 Å². The number of benzene rings is 3. The summed E-state index contributed by atoms with van der Waals surface area (Å²) in [4.78, 5) is 52.2. The zero-order chi connectivity index (χ0) is 58.5. The maximum atomic E-state index is 16.2. The minimum atomic E-state index is -2.91. The number of pyridine rings is 1. The molecule has 1 saturated heterocycles. The van der Waals surface area contributed by atoms with Crippen LogP contribution in [0.4, 0.5) is 34.8 Å². The van der Waals surface area contributed by atoms with Crippen LogP contribution in [0.25, 0.3) is 11.5 Å². The molecule has 434 valence electrons. The molecule has 3 aromatic heterocycles. The molecular weight excluding hydrogens is 1100 g/mol. The molecule has 1 aliphatic heterocycles. The van der Waals surface area contributed by atoms with E-state index in [9.17, 15) is 28.4 Å². The fraction of sp³-hybridized carbons (Fsp3) is 0.450. The summed E-state index contributed by atoms with van der Waals surface area (Å²) in [7, 11) is 3.44. The zero-order valence-electron chi connectivity index (χ0n) is 46.3. The molecule has 6 aromatic rings. The van der Waals surface area contributed by atoms with Crippen molar-refractivity contribution < 1.29 is 41.1 Å². The van der Waals surface area contributed by atoms with Gasteiger partial charge in [0.2, 0.25) is 11.8 Å². The number of rotatable bonds is 22. The summed E-state index contributed by atoms with van der Waals surface area (Å²) in [6.45, 7) is 8.70. The van der Waals surface area contributed by atoms with Gasteiger partial charge in [-0.1, -0.05) is 62.2 Å². The molecule has 0 bridgehead atoms. The van der Waals surface area contributed by atoms with Crippen LogP contribution in [0.1, 0.15) is 135 Å². The third-order valence-corrected chi connectivity index (χ3v) is 16.2. The first-order chi connectivity index (χ1) is 39.2. The topological polar surface area (TPSA) is 204 Å². The number of anilines is 3. The molecule has 4 heterocycles. The van der Waals surface area contributed by atoms with Gasteiger partial charge in [-0.05, 0) is 143 Å². The quantitative estimate of drug-likeness (QED) is 0.0318. The fourth-order valence-electron chi connectivity index (χ4n) is 11.4. The number of nitriles is 1. The van der Waals surface area contributed by atoms with Gasteiger partial charge in [0.15, 0.2) is 11.4 Å². The zero-order valence-corrected chi connectivity index (χ0v) is 47.8. The number of hydrogen-bond acceptors (Lipinski definition) is 12. The smallest absolute Gasteiger partial charge is 0.284 e. The molecule has 0 radical (unpaired) electrons. The number of unbranched alkanes of at least 4 members (excludes halogenated alkanes) is 1. The van der Waals surface area contributed by atoms with E-state index in [0.29, 0.717) is 36.2 Å². The van der Waals surface area contributed by atoms with Gasteiger partial charge in [0.05, 0.1) is 41.7 Å². The van der Waals surface area contributed by atoms with E-state index in [0.717, 1.165) is 57.8 Å². The van der Waals surface area contributed by atoms with Gasteiger partial charge in [0.1, 0.15) is 34.9 Å². The number of methoxy groups -OCH3 is 1. The number of alkyl halides is 2. The number of oxazole rings is 1. The largest absolute Gasteiger partial charge is 0.495 e. The van der Waals surface area contributed by atoms with Crippen LogP contribution >= 0.6 is 23.2 Å². The van der Waals surface area contributed by atoms with Crippen LogP contribution < -0.4 is 31.3 Å². The highest BCUT2D eigenvalue weighted by Gasteiger charge is 2.61. The van der Waals surface area contributed by atoms with Gasteiger partial charge < -0.3 is 40.6 Å². The lowest BCUT2D eigenvalue weighted by Gasteiger charge is -2.37. The molecule has 82 heavy (non-hydrogen) atoms. The summed E-state index contributed by atoms with van der Waals surface area (Å²) in [6.07, 6.45) is 8.75. The van der Waals surface area contributed by atoms with Gasteiger partial charge in [-0.15, -0.1) is 0 Å². The number of carbonyl (C=O) groups is 3. The van der Waals surface area contributed by atoms with Gasteiger partial charge in [-0.3, -0.25) is 19.1 Å². The summed E-state index contributed by atoms with van der Waals surface area (Å²) in [5, 5.41) is 30.3. The van der Waals surface area contributed by atoms with Crippen molar-refractivity contribution >= 4 is 58.1 Å². The molecule has 3 fully saturated rings. The lowest BCUT2D eigenvalue weighted by Crippen LogP contribution is -2.45. The van der Waals surface area contributed by atoms with Crippen molar-refractivity contribution in [2.24, 2.45) is 17.3 Å². The Morgan fingerprint density at radius 3 is 2.44 bits per heavy atom. The molecule has 2 saturated carbocycles. The number of halogens is 6. The van der Waals surface area contributed by atoms with Crippen LogP contribution in [0, 0.1) is 40.2 Å². The number of aromatic nitrogens is 4. The summed E-state index contributed by atoms with van der Waals surface area (Å²) in [6, 6.07) is 16.4. The Morgan fingerprint density at radius 1 is 0.963 bits per heavy atom. The number of amides is 3. The Labute approximate surface area is 484 Å². The van der Waals surface area contributed by atoms with Gasteiger partial charge >= 0.3 is 0 Å². The first kappa shape index (κ1) is 59.6. The summed E-state index contributed by atoms with van der Waals surface area (Å²) < 4.78 is 73.7. The van der Waals surface area contributed by atoms with E-state index in [4.69, 9.17) is 32.4 Å². The van der Waals surface area contributed by atoms with E-state index in [1.807, 2.05) is 20.8 Å². The van der Waals surface area contributed by atoms with E-state index in [1.165, 1.54) is 74.9 Å². The van der Waals surface area contributed by atoms with Crippen molar-refractivity contribution in [3.05, 3.63) is 135 Å². The second-order valence-corrected chi connectivity index (χ2v) is 23.8. The van der Waals surface area contributed by atoms with Gasteiger partial charge in [-0.2, -0.15) is 10.4 Å². The predicted octanol–water partition coefficient (Wildman–Crippen LogP) is 12.4. The number of hydrogen-bond donors (Lipinski definition) is 5. The van der Waals surface area contributed by atoms with Crippen molar-refractivity contribution in [3.63, 3.8) is 0 Å². The van der Waals surface area contributed by atoms with Crippen molar-refractivity contribution in [2.75, 3.05) is 56.3 Å². The molecule has 1 unspecified atom stereocenters. The molecule has 3 aliphatic rings.